The number of aromatic amines is 1. The number of nitrogens with one attached hydrogen (secondary N) is 3. The zero-order valence-electron chi connectivity index (χ0n) is 16.3. The lowest BCUT2D eigenvalue weighted by atomic mass is 10.3. The van der Waals surface area contributed by atoms with Gasteiger partial charge in [0.2, 0.25) is 6.33 Å². The molecule has 1 amide bonds. The quantitative estimate of drug-likeness (QED) is 0.206. The molecule has 2 aromatic rings. The van der Waals surface area contributed by atoms with Gasteiger partial charge in [-0.05, 0) is 18.6 Å². The number of ether oxygens (including phenoxy) is 1. The molecule has 0 aliphatic heterocycles. The van der Waals surface area contributed by atoms with E-state index in [0.717, 1.165) is 24.3 Å². The average molecular weight is 405 g/mol. The van der Waals surface area contributed by atoms with Crippen molar-refractivity contribution in [3.8, 4) is 0 Å². The summed E-state index contributed by atoms with van der Waals surface area (Å²) in [6, 6.07) is 9.71. The third kappa shape index (κ3) is 6.12. The molecule has 0 atom stereocenters. The fourth-order valence-corrected chi connectivity index (χ4v) is 3.31. The number of aliphatic imine (C=N–C) groups is 1. The van der Waals surface area contributed by atoms with Gasteiger partial charge in [-0.3, -0.25) is 4.79 Å². The number of H-pyrrole nitrogens is 1. The van der Waals surface area contributed by atoms with E-state index in [-0.39, 0.29) is 18.1 Å². The van der Waals surface area contributed by atoms with Gasteiger partial charge in [0.05, 0.1) is 7.11 Å². The summed E-state index contributed by atoms with van der Waals surface area (Å²) in [5.74, 6) is 0.463. The van der Waals surface area contributed by atoms with Gasteiger partial charge >= 0.3 is 5.97 Å². The summed E-state index contributed by atoms with van der Waals surface area (Å²) >= 11 is 1.58. The Morgan fingerprint density at radius 3 is 2.68 bits per heavy atom. The number of hydrogen-bond donors (Lipinski definition) is 3. The summed E-state index contributed by atoms with van der Waals surface area (Å²) < 4.78 is 6.19. The number of thioether (sulfide) groups is 1. The van der Waals surface area contributed by atoms with Gasteiger partial charge in [-0.15, -0.1) is 0 Å². The van der Waals surface area contributed by atoms with E-state index in [1.807, 2.05) is 30.3 Å². The monoisotopic (exact) mass is 404 g/mol. The molecule has 0 spiro atoms. The van der Waals surface area contributed by atoms with E-state index in [0.29, 0.717) is 11.0 Å². The minimum absolute atomic E-state index is 0.0876. The normalized spacial score (nSPS) is 11.2. The Labute approximate surface area is 168 Å². The molecule has 9 heteroatoms. The number of methoxy groups -OCH3 is 1. The van der Waals surface area contributed by atoms with Crippen molar-refractivity contribution in [3.63, 3.8) is 0 Å². The van der Waals surface area contributed by atoms with Crippen LogP contribution < -0.4 is 15.2 Å². The van der Waals surface area contributed by atoms with Crippen molar-refractivity contribution in [1.29, 1.82) is 0 Å². The van der Waals surface area contributed by atoms with Crippen LogP contribution in [0.5, 0.6) is 0 Å². The minimum atomic E-state index is -0.454. The van der Waals surface area contributed by atoms with Crippen molar-refractivity contribution in [2.75, 3.05) is 25.2 Å². The summed E-state index contributed by atoms with van der Waals surface area (Å²) in [6.45, 7) is 2.04. The van der Waals surface area contributed by atoms with E-state index >= 15 is 0 Å². The number of nitrogens with zero attached hydrogens (tertiary/aromatic N) is 2. The number of esters is 1. The van der Waals surface area contributed by atoms with Gasteiger partial charge in [-0.1, -0.05) is 43.3 Å². The van der Waals surface area contributed by atoms with Crippen molar-refractivity contribution >= 4 is 40.3 Å². The highest BCUT2D eigenvalue weighted by atomic mass is 32.2. The Kier molecular flexibility index (Phi) is 8.54. The molecule has 1 heterocycles. The Morgan fingerprint density at radius 1 is 1.29 bits per heavy atom. The first-order valence-electron chi connectivity index (χ1n) is 9.02. The molecular weight excluding hydrogens is 378 g/mol. The number of amidine groups is 1. The lowest BCUT2D eigenvalue weighted by Gasteiger charge is -2.08. The van der Waals surface area contributed by atoms with Crippen molar-refractivity contribution < 1.29 is 18.9 Å². The van der Waals surface area contributed by atoms with Crippen LogP contribution >= 0.6 is 11.8 Å². The largest absolute Gasteiger partial charge is 0.466 e. The number of aromatic nitrogens is 2. The summed E-state index contributed by atoms with van der Waals surface area (Å²) in [4.78, 5) is 31.6. The number of imidazole rings is 1. The van der Waals surface area contributed by atoms with Crippen LogP contribution in [0.3, 0.4) is 0 Å². The standard InChI is InChI=1S/C19H25N5O3S/c1-4-5-11-28-19(22-14-9-7-6-8-10-14)23-17-16(18(26)20-2)24(13-21-17)12-15(25)27-3/h6-10,13H,4-5,11-12H2,1-3H3,(H2,20,22,23,26)/p+1. The Bertz CT molecular complexity index is 820. The molecule has 28 heavy (non-hydrogen) atoms. The first-order valence-corrected chi connectivity index (χ1v) is 10.0. The van der Waals surface area contributed by atoms with Gasteiger partial charge in [0, 0.05) is 18.5 Å². The highest BCUT2D eigenvalue weighted by Gasteiger charge is 2.26. The number of carbonyl (C=O) groups excluding carboxylic acids is 2. The maximum Gasteiger partial charge on any atom is 0.348 e. The van der Waals surface area contributed by atoms with Gasteiger partial charge < -0.3 is 15.4 Å². The number of amides is 1. The van der Waals surface area contributed by atoms with Gasteiger partial charge in [0.25, 0.3) is 17.4 Å². The number of hydrogen-bond acceptors (Lipinski definition) is 5. The van der Waals surface area contributed by atoms with Crippen molar-refractivity contribution in [2.24, 2.45) is 4.99 Å². The van der Waals surface area contributed by atoms with Crippen LogP contribution in [0.2, 0.25) is 0 Å². The number of rotatable bonds is 8. The molecule has 2 rings (SSSR count). The molecule has 0 aliphatic rings. The first-order chi connectivity index (χ1) is 13.6. The molecule has 8 nitrogen and oxygen atoms in total. The number of anilines is 1. The first kappa shape index (κ1) is 21.5. The van der Waals surface area contributed by atoms with Gasteiger partial charge in [0.15, 0.2) is 11.7 Å². The molecule has 0 aliphatic carbocycles. The second kappa shape index (κ2) is 11.1. The van der Waals surface area contributed by atoms with E-state index < -0.39 is 5.97 Å². The second-order valence-corrected chi connectivity index (χ2v) is 6.95. The maximum absolute atomic E-state index is 12.4. The van der Waals surface area contributed by atoms with E-state index in [9.17, 15) is 9.59 Å². The molecule has 0 unspecified atom stereocenters. The lowest BCUT2D eigenvalue weighted by Crippen LogP contribution is -2.44. The van der Waals surface area contributed by atoms with Crippen LogP contribution in [0.25, 0.3) is 0 Å². The summed E-state index contributed by atoms with van der Waals surface area (Å²) in [5, 5.41) is 6.54. The zero-order chi connectivity index (χ0) is 20.4. The Hall–Kier alpha value is -2.81. The average Bonchev–Trinajstić information content (AvgIpc) is 3.10. The molecule has 1 aromatic carbocycles. The van der Waals surface area contributed by atoms with Crippen LogP contribution in [-0.2, 0) is 16.1 Å². The van der Waals surface area contributed by atoms with Crippen LogP contribution in [0.4, 0.5) is 11.5 Å². The maximum atomic E-state index is 12.4. The summed E-state index contributed by atoms with van der Waals surface area (Å²) in [5.41, 5.74) is 1.16. The second-order valence-electron chi connectivity index (χ2n) is 5.86. The Morgan fingerprint density at radius 2 is 2.04 bits per heavy atom. The van der Waals surface area contributed by atoms with Gasteiger partial charge in [0.1, 0.15) is 0 Å². The van der Waals surface area contributed by atoms with Crippen LogP contribution in [0.15, 0.2) is 41.7 Å². The Balaban J connectivity index is 2.36. The minimum Gasteiger partial charge on any atom is -0.466 e. The van der Waals surface area contributed by atoms with Crippen LogP contribution in [0.1, 0.15) is 30.3 Å². The third-order valence-corrected chi connectivity index (χ3v) is 4.77. The fraction of sp³-hybridized carbons (Fsp3) is 0.368. The molecule has 1 aromatic heterocycles. The number of para-hydroxylation sites is 1. The number of benzene rings is 1. The third-order valence-electron chi connectivity index (χ3n) is 3.81. The topological polar surface area (TPSA) is 99.5 Å². The van der Waals surface area contributed by atoms with Crippen molar-refractivity contribution in [3.05, 3.63) is 42.4 Å². The van der Waals surface area contributed by atoms with Crippen LogP contribution in [0, 0.1) is 0 Å². The van der Waals surface area contributed by atoms with E-state index in [1.54, 1.807) is 11.8 Å². The highest BCUT2D eigenvalue weighted by molar-refractivity contribution is 8.14. The molecule has 150 valence electrons. The molecule has 0 saturated heterocycles. The van der Waals surface area contributed by atoms with Crippen molar-refractivity contribution in [1.82, 2.24) is 10.3 Å². The fourth-order valence-electron chi connectivity index (χ4n) is 2.33. The van der Waals surface area contributed by atoms with E-state index in [1.165, 1.54) is 25.1 Å². The highest BCUT2D eigenvalue weighted by Crippen LogP contribution is 2.19. The predicted octanol–water partition coefficient (Wildman–Crippen LogP) is 2.47. The molecule has 0 radical (unpaired) electrons. The van der Waals surface area contributed by atoms with E-state index in [4.69, 9.17) is 4.74 Å². The zero-order valence-corrected chi connectivity index (χ0v) is 17.1. The molecule has 0 bridgehead atoms. The SMILES string of the molecule is CCCCSC(=Nc1[nH]c[n+](CC(=O)OC)c1C(=O)NC)Nc1ccccc1. The smallest absolute Gasteiger partial charge is 0.348 e. The number of carbonyl (C=O) groups is 2. The van der Waals surface area contributed by atoms with E-state index in [2.05, 4.69) is 27.5 Å². The summed E-state index contributed by atoms with van der Waals surface area (Å²) in [6.07, 6.45) is 3.67. The molecule has 0 saturated carbocycles. The van der Waals surface area contributed by atoms with Crippen molar-refractivity contribution in [2.45, 2.75) is 26.3 Å². The lowest BCUT2D eigenvalue weighted by molar-refractivity contribution is -0.686. The van der Waals surface area contributed by atoms with Crippen LogP contribution in [-0.4, -0.2) is 41.9 Å². The van der Waals surface area contributed by atoms with Gasteiger partial charge in [-0.2, -0.15) is 4.99 Å². The molecule has 0 fully saturated rings. The molecular formula is C19H26N5O3S+. The summed E-state index contributed by atoms with van der Waals surface area (Å²) in [7, 11) is 2.84. The predicted molar refractivity (Wildman–Crippen MR) is 111 cm³/mol. The van der Waals surface area contributed by atoms with Gasteiger partial charge in [-0.25, -0.2) is 14.3 Å². The number of unbranched alkanes of at least 4 members (excludes halogenated alkanes) is 1. The molecule has 3 N–H and O–H groups in total.